The van der Waals surface area contributed by atoms with Crippen LogP contribution in [0.1, 0.15) is 12.8 Å². The summed E-state index contributed by atoms with van der Waals surface area (Å²) < 4.78 is 0. The van der Waals surface area contributed by atoms with E-state index in [2.05, 4.69) is 9.88 Å². The van der Waals surface area contributed by atoms with Crippen LogP contribution in [-0.4, -0.2) is 29.6 Å². The summed E-state index contributed by atoms with van der Waals surface area (Å²) >= 11 is 6.05. The van der Waals surface area contributed by atoms with Crippen molar-refractivity contribution in [1.82, 2.24) is 9.97 Å². The zero-order valence-electron chi connectivity index (χ0n) is 11.9. The van der Waals surface area contributed by atoms with Crippen LogP contribution in [-0.2, 0) is 0 Å². The van der Waals surface area contributed by atoms with Gasteiger partial charge in [-0.05, 0) is 43.5 Å². The summed E-state index contributed by atoms with van der Waals surface area (Å²) in [4.78, 5) is 11.3. The van der Waals surface area contributed by atoms with Crippen molar-refractivity contribution < 1.29 is 0 Å². The van der Waals surface area contributed by atoms with Crippen LogP contribution in [0.4, 0.5) is 5.95 Å². The van der Waals surface area contributed by atoms with Gasteiger partial charge in [0.15, 0.2) is 0 Å². The van der Waals surface area contributed by atoms with Gasteiger partial charge in [0, 0.05) is 29.9 Å². The number of nitrogens with two attached hydrogens (primary N) is 1. The summed E-state index contributed by atoms with van der Waals surface area (Å²) in [6.07, 6.45) is 4.15. The van der Waals surface area contributed by atoms with Crippen LogP contribution in [0.25, 0.3) is 11.3 Å². The quantitative estimate of drug-likeness (QED) is 0.947. The normalized spacial score (nSPS) is 18.8. The summed E-state index contributed by atoms with van der Waals surface area (Å²) in [6, 6.07) is 9.65. The van der Waals surface area contributed by atoms with E-state index >= 15 is 0 Å². The van der Waals surface area contributed by atoms with E-state index < -0.39 is 0 Å². The highest BCUT2D eigenvalue weighted by molar-refractivity contribution is 6.30. The Labute approximate surface area is 130 Å². The minimum atomic E-state index is 0.539. The molecule has 1 aromatic heterocycles. The lowest BCUT2D eigenvalue weighted by atomic mass is 9.99. The van der Waals surface area contributed by atoms with Crippen LogP contribution in [0.3, 0.4) is 0 Å². The van der Waals surface area contributed by atoms with E-state index in [0.29, 0.717) is 10.9 Å². The number of rotatable bonds is 3. The van der Waals surface area contributed by atoms with Gasteiger partial charge in [0.05, 0.1) is 5.69 Å². The molecule has 3 rings (SSSR count). The molecule has 1 saturated heterocycles. The van der Waals surface area contributed by atoms with E-state index in [1.54, 1.807) is 0 Å². The highest BCUT2D eigenvalue weighted by atomic mass is 35.5. The van der Waals surface area contributed by atoms with Crippen LogP contribution in [0, 0.1) is 5.92 Å². The molecule has 0 saturated carbocycles. The van der Waals surface area contributed by atoms with Gasteiger partial charge in [-0.2, -0.15) is 0 Å². The molecule has 1 fully saturated rings. The summed E-state index contributed by atoms with van der Waals surface area (Å²) in [5, 5.41) is 0.717. The van der Waals surface area contributed by atoms with Crippen LogP contribution in [0.2, 0.25) is 5.02 Å². The number of benzene rings is 1. The molecule has 1 aliphatic rings. The first-order valence-electron chi connectivity index (χ1n) is 7.30. The lowest BCUT2D eigenvalue weighted by Gasteiger charge is -2.32. The molecule has 1 aromatic carbocycles. The van der Waals surface area contributed by atoms with Gasteiger partial charge in [-0.15, -0.1) is 0 Å². The second-order valence-electron chi connectivity index (χ2n) is 5.44. The molecule has 1 unspecified atom stereocenters. The van der Waals surface area contributed by atoms with E-state index in [1.807, 2.05) is 36.5 Å². The van der Waals surface area contributed by atoms with Crippen molar-refractivity contribution in [2.75, 3.05) is 24.5 Å². The van der Waals surface area contributed by atoms with Crippen molar-refractivity contribution in [2.45, 2.75) is 12.8 Å². The Bertz CT molecular complexity index is 617. The molecule has 0 radical (unpaired) electrons. The molecule has 2 aromatic rings. The molecule has 110 valence electrons. The number of piperidine rings is 1. The summed E-state index contributed by atoms with van der Waals surface area (Å²) in [5.41, 5.74) is 7.71. The SMILES string of the molecule is NCC1CCCN(c2nccc(-c3cccc(Cl)c3)n2)C1. The maximum absolute atomic E-state index is 6.05. The predicted octanol–water partition coefficient (Wildman–Crippen LogP) is 2.97. The van der Waals surface area contributed by atoms with E-state index in [1.165, 1.54) is 6.42 Å². The molecular weight excluding hydrogens is 284 g/mol. The number of aromatic nitrogens is 2. The third-order valence-electron chi connectivity index (χ3n) is 3.90. The number of anilines is 1. The Morgan fingerprint density at radius 3 is 3.05 bits per heavy atom. The maximum atomic E-state index is 6.05. The maximum Gasteiger partial charge on any atom is 0.225 e. The summed E-state index contributed by atoms with van der Waals surface area (Å²) in [5.74, 6) is 1.32. The molecule has 0 amide bonds. The van der Waals surface area contributed by atoms with Crippen molar-refractivity contribution in [2.24, 2.45) is 11.7 Å². The molecule has 0 aliphatic carbocycles. The van der Waals surface area contributed by atoms with Gasteiger partial charge in [-0.1, -0.05) is 23.7 Å². The largest absolute Gasteiger partial charge is 0.340 e. The first kappa shape index (κ1) is 14.3. The van der Waals surface area contributed by atoms with Gasteiger partial charge in [0.1, 0.15) is 0 Å². The fourth-order valence-corrected chi connectivity index (χ4v) is 2.94. The van der Waals surface area contributed by atoms with Gasteiger partial charge < -0.3 is 10.6 Å². The molecular formula is C16H19ClN4. The van der Waals surface area contributed by atoms with E-state index in [0.717, 1.165) is 43.3 Å². The molecule has 2 heterocycles. The number of hydrogen-bond donors (Lipinski definition) is 1. The van der Waals surface area contributed by atoms with Crippen LogP contribution in [0.15, 0.2) is 36.5 Å². The smallest absolute Gasteiger partial charge is 0.225 e. The first-order chi connectivity index (χ1) is 10.3. The Balaban J connectivity index is 1.86. The average Bonchev–Trinajstić information content (AvgIpc) is 2.55. The molecule has 0 bridgehead atoms. The Morgan fingerprint density at radius 2 is 2.24 bits per heavy atom. The van der Waals surface area contributed by atoms with Gasteiger partial charge in [0.25, 0.3) is 0 Å². The summed E-state index contributed by atoms with van der Waals surface area (Å²) in [6.45, 7) is 2.66. The first-order valence-corrected chi connectivity index (χ1v) is 7.68. The van der Waals surface area contributed by atoms with Gasteiger partial charge >= 0.3 is 0 Å². The number of hydrogen-bond acceptors (Lipinski definition) is 4. The van der Waals surface area contributed by atoms with Gasteiger partial charge in [-0.3, -0.25) is 0 Å². The molecule has 1 aliphatic heterocycles. The Kier molecular flexibility index (Phi) is 4.36. The van der Waals surface area contributed by atoms with Crippen molar-refractivity contribution in [3.05, 3.63) is 41.6 Å². The fourth-order valence-electron chi connectivity index (χ4n) is 2.75. The monoisotopic (exact) mass is 302 g/mol. The van der Waals surface area contributed by atoms with Crippen molar-refractivity contribution in [3.63, 3.8) is 0 Å². The standard InChI is InChI=1S/C16H19ClN4/c17-14-5-1-4-13(9-14)15-6-7-19-16(20-15)21-8-2-3-12(10-18)11-21/h1,4-7,9,12H,2-3,8,10-11,18H2. The summed E-state index contributed by atoms with van der Waals surface area (Å²) in [7, 11) is 0. The van der Waals surface area contributed by atoms with Crippen LogP contribution < -0.4 is 10.6 Å². The third kappa shape index (κ3) is 3.34. The van der Waals surface area contributed by atoms with E-state index in [4.69, 9.17) is 22.3 Å². The molecule has 21 heavy (non-hydrogen) atoms. The molecule has 2 N–H and O–H groups in total. The lowest BCUT2D eigenvalue weighted by Crippen LogP contribution is -2.39. The van der Waals surface area contributed by atoms with E-state index in [-0.39, 0.29) is 0 Å². The van der Waals surface area contributed by atoms with Gasteiger partial charge in [-0.25, -0.2) is 9.97 Å². The molecule has 0 spiro atoms. The lowest BCUT2D eigenvalue weighted by molar-refractivity contribution is 0.419. The zero-order valence-corrected chi connectivity index (χ0v) is 12.6. The Morgan fingerprint density at radius 1 is 1.33 bits per heavy atom. The second-order valence-corrected chi connectivity index (χ2v) is 5.88. The molecule has 4 nitrogen and oxygen atoms in total. The van der Waals surface area contributed by atoms with Crippen molar-refractivity contribution in [1.29, 1.82) is 0 Å². The van der Waals surface area contributed by atoms with Gasteiger partial charge in [0.2, 0.25) is 5.95 Å². The van der Waals surface area contributed by atoms with Crippen LogP contribution >= 0.6 is 11.6 Å². The average molecular weight is 303 g/mol. The van der Waals surface area contributed by atoms with Crippen LogP contribution in [0.5, 0.6) is 0 Å². The van der Waals surface area contributed by atoms with Crippen molar-refractivity contribution >= 4 is 17.5 Å². The number of halogens is 1. The zero-order chi connectivity index (χ0) is 14.7. The number of nitrogens with zero attached hydrogens (tertiary/aromatic N) is 3. The topological polar surface area (TPSA) is 55.0 Å². The third-order valence-corrected chi connectivity index (χ3v) is 4.13. The minimum absolute atomic E-state index is 0.539. The highest BCUT2D eigenvalue weighted by Crippen LogP contribution is 2.24. The molecule has 1 atom stereocenters. The second kappa shape index (κ2) is 6.41. The minimum Gasteiger partial charge on any atom is -0.340 e. The molecule has 5 heteroatoms. The highest BCUT2D eigenvalue weighted by Gasteiger charge is 2.20. The Hall–Kier alpha value is -1.65. The van der Waals surface area contributed by atoms with E-state index in [9.17, 15) is 0 Å². The van der Waals surface area contributed by atoms with Crippen molar-refractivity contribution in [3.8, 4) is 11.3 Å². The predicted molar refractivity (Wildman–Crippen MR) is 86.5 cm³/mol. The fraction of sp³-hybridized carbons (Fsp3) is 0.375.